The predicted molar refractivity (Wildman–Crippen MR) is 103 cm³/mol. The third-order valence-corrected chi connectivity index (χ3v) is 3.38. The van der Waals surface area contributed by atoms with Crippen molar-refractivity contribution < 1.29 is 4.79 Å². The minimum atomic E-state index is -0.360. The quantitative estimate of drug-likeness (QED) is 0.291. The SMILES string of the molecule is C=C[C@H](NC)C(=O)NCCCC#Cc1cnc(NC)nc1NCCC. The van der Waals surface area contributed by atoms with Crippen LogP contribution >= 0.6 is 0 Å². The van der Waals surface area contributed by atoms with Crippen LogP contribution in [0.5, 0.6) is 0 Å². The molecule has 0 radical (unpaired) electrons. The molecule has 7 nitrogen and oxygen atoms in total. The van der Waals surface area contributed by atoms with Crippen LogP contribution in [0.2, 0.25) is 0 Å². The van der Waals surface area contributed by atoms with Crippen molar-refractivity contribution in [1.82, 2.24) is 20.6 Å². The van der Waals surface area contributed by atoms with Crippen molar-refractivity contribution >= 4 is 17.7 Å². The van der Waals surface area contributed by atoms with E-state index in [-0.39, 0.29) is 11.9 Å². The van der Waals surface area contributed by atoms with Crippen LogP contribution in [0.25, 0.3) is 0 Å². The summed E-state index contributed by atoms with van der Waals surface area (Å²) in [6, 6.07) is -0.360. The molecule has 0 aliphatic heterocycles. The van der Waals surface area contributed by atoms with Gasteiger partial charge in [0.15, 0.2) is 0 Å². The lowest BCUT2D eigenvalue weighted by Crippen LogP contribution is -2.41. The number of carbonyl (C=O) groups excluding carboxylic acids is 1. The molecular weight excluding hydrogens is 316 g/mol. The van der Waals surface area contributed by atoms with Gasteiger partial charge in [-0.05, 0) is 19.9 Å². The van der Waals surface area contributed by atoms with Gasteiger partial charge >= 0.3 is 0 Å². The first-order valence-electron chi connectivity index (χ1n) is 8.51. The topological polar surface area (TPSA) is 91.0 Å². The number of nitrogens with one attached hydrogen (secondary N) is 4. The molecule has 136 valence electrons. The van der Waals surface area contributed by atoms with Gasteiger partial charge in [-0.15, -0.1) is 6.58 Å². The standard InChI is InChI=1S/C18H28N6O/c1-5-11-21-16-14(13-23-18(20-4)24-16)10-8-7-9-12-22-17(25)15(6-2)19-3/h6,13,15,19H,2,5,7,9,11-12H2,1,3-4H3,(H,22,25)(H2,20,21,23,24)/t15-/m0/s1. The van der Waals surface area contributed by atoms with E-state index in [2.05, 4.69) is 56.6 Å². The lowest BCUT2D eigenvalue weighted by atomic mass is 10.2. The Kier molecular flexibility index (Phi) is 9.71. The Morgan fingerprint density at radius 2 is 2.20 bits per heavy atom. The van der Waals surface area contributed by atoms with Gasteiger partial charge < -0.3 is 21.3 Å². The van der Waals surface area contributed by atoms with Crippen LogP contribution in [-0.2, 0) is 4.79 Å². The highest BCUT2D eigenvalue weighted by atomic mass is 16.2. The summed E-state index contributed by atoms with van der Waals surface area (Å²) in [6.07, 6.45) is 5.75. The third-order valence-electron chi connectivity index (χ3n) is 3.38. The lowest BCUT2D eigenvalue weighted by molar-refractivity contribution is -0.121. The number of carbonyl (C=O) groups is 1. The number of hydrogen-bond donors (Lipinski definition) is 4. The Morgan fingerprint density at radius 1 is 1.40 bits per heavy atom. The molecular formula is C18H28N6O. The highest BCUT2D eigenvalue weighted by molar-refractivity contribution is 5.83. The van der Waals surface area contributed by atoms with Crippen molar-refractivity contribution in [2.24, 2.45) is 0 Å². The Morgan fingerprint density at radius 3 is 2.84 bits per heavy atom. The second kappa shape index (κ2) is 11.9. The van der Waals surface area contributed by atoms with Crippen LogP contribution in [0.1, 0.15) is 31.7 Å². The summed E-state index contributed by atoms with van der Waals surface area (Å²) < 4.78 is 0. The summed E-state index contributed by atoms with van der Waals surface area (Å²) in [6.45, 7) is 7.12. The second-order valence-corrected chi connectivity index (χ2v) is 5.33. The molecule has 0 unspecified atom stereocenters. The van der Waals surface area contributed by atoms with E-state index in [9.17, 15) is 4.79 Å². The van der Waals surface area contributed by atoms with Gasteiger partial charge in [0.05, 0.1) is 11.8 Å². The van der Waals surface area contributed by atoms with Crippen LogP contribution in [0.3, 0.4) is 0 Å². The molecule has 0 aliphatic carbocycles. The molecule has 0 bridgehead atoms. The van der Waals surface area contributed by atoms with Crippen LogP contribution in [0, 0.1) is 11.8 Å². The van der Waals surface area contributed by atoms with Crippen molar-refractivity contribution in [3.63, 3.8) is 0 Å². The number of anilines is 2. The van der Waals surface area contributed by atoms with Crippen molar-refractivity contribution in [2.45, 2.75) is 32.2 Å². The molecule has 7 heteroatoms. The molecule has 1 aromatic heterocycles. The summed E-state index contributed by atoms with van der Waals surface area (Å²) in [5, 5.41) is 11.9. The van der Waals surface area contributed by atoms with Gasteiger partial charge in [0.1, 0.15) is 11.9 Å². The number of nitrogens with zero attached hydrogens (tertiary/aromatic N) is 2. The summed E-state index contributed by atoms with van der Waals surface area (Å²) in [5.41, 5.74) is 0.776. The summed E-state index contributed by atoms with van der Waals surface area (Å²) in [7, 11) is 3.51. The molecule has 0 fully saturated rings. The van der Waals surface area contributed by atoms with Gasteiger partial charge in [0.2, 0.25) is 11.9 Å². The smallest absolute Gasteiger partial charge is 0.241 e. The van der Waals surface area contributed by atoms with Crippen LogP contribution in [0.15, 0.2) is 18.9 Å². The predicted octanol–water partition coefficient (Wildman–Crippen LogP) is 1.36. The van der Waals surface area contributed by atoms with Crippen LogP contribution < -0.4 is 21.3 Å². The second-order valence-electron chi connectivity index (χ2n) is 5.33. The molecule has 0 aliphatic rings. The van der Waals surface area contributed by atoms with E-state index in [0.717, 1.165) is 30.8 Å². The maximum Gasteiger partial charge on any atom is 0.241 e. The summed E-state index contributed by atoms with van der Waals surface area (Å²) in [5.74, 6) is 7.44. The normalized spacial score (nSPS) is 11.0. The molecule has 0 saturated carbocycles. The van der Waals surface area contributed by atoms with Crippen molar-refractivity contribution in [3.8, 4) is 11.8 Å². The monoisotopic (exact) mass is 344 g/mol. The van der Waals surface area contributed by atoms with Crippen LogP contribution in [0.4, 0.5) is 11.8 Å². The molecule has 0 spiro atoms. The van der Waals surface area contributed by atoms with Crippen molar-refractivity contribution in [3.05, 3.63) is 24.4 Å². The molecule has 25 heavy (non-hydrogen) atoms. The highest BCUT2D eigenvalue weighted by Crippen LogP contribution is 2.12. The van der Waals surface area contributed by atoms with Gasteiger partial charge in [-0.1, -0.05) is 24.8 Å². The molecule has 1 heterocycles. The molecule has 0 saturated heterocycles. The number of rotatable bonds is 10. The first-order chi connectivity index (χ1) is 12.2. The fourth-order valence-electron chi connectivity index (χ4n) is 1.98. The number of amides is 1. The minimum absolute atomic E-state index is 0.0763. The highest BCUT2D eigenvalue weighted by Gasteiger charge is 2.10. The number of unbranched alkanes of at least 4 members (excludes halogenated alkanes) is 1. The zero-order valence-electron chi connectivity index (χ0n) is 15.3. The van der Waals surface area contributed by atoms with Gasteiger partial charge in [0.25, 0.3) is 0 Å². The Balaban J connectivity index is 2.52. The van der Waals surface area contributed by atoms with E-state index in [4.69, 9.17) is 0 Å². The average molecular weight is 344 g/mol. The third kappa shape index (κ3) is 7.23. The maximum absolute atomic E-state index is 11.8. The van der Waals surface area contributed by atoms with E-state index in [1.54, 1.807) is 26.4 Å². The summed E-state index contributed by atoms with van der Waals surface area (Å²) >= 11 is 0. The summed E-state index contributed by atoms with van der Waals surface area (Å²) in [4.78, 5) is 20.4. The molecule has 1 amide bonds. The van der Waals surface area contributed by atoms with Crippen LogP contribution in [-0.4, -0.2) is 49.1 Å². The first kappa shape index (κ1) is 20.5. The van der Waals surface area contributed by atoms with E-state index in [1.807, 2.05) is 0 Å². The molecule has 4 N–H and O–H groups in total. The number of hydrogen-bond acceptors (Lipinski definition) is 6. The zero-order valence-corrected chi connectivity index (χ0v) is 15.3. The van der Waals surface area contributed by atoms with E-state index in [0.29, 0.717) is 18.9 Å². The van der Waals surface area contributed by atoms with E-state index < -0.39 is 0 Å². The molecule has 1 aromatic rings. The molecule has 1 rings (SSSR count). The fourth-order valence-corrected chi connectivity index (χ4v) is 1.98. The number of aromatic nitrogens is 2. The first-order valence-corrected chi connectivity index (χ1v) is 8.51. The Labute approximate surface area is 150 Å². The fraction of sp³-hybridized carbons (Fsp3) is 0.500. The lowest BCUT2D eigenvalue weighted by Gasteiger charge is -2.10. The van der Waals surface area contributed by atoms with E-state index in [1.165, 1.54) is 0 Å². The Hall–Kier alpha value is -2.59. The Bertz CT molecular complexity index is 620. The van der Waals surface area contributed by atoms with Crippen molar-refractivity contribution in [2.75, 3.05) is 37.8 Å². The number of likely N-dealkylation sites (N-methyl/N-ethyl adjacent to an activating group) is 1. The van der Waals surface area contributed by atoms with Gasteiger partial charge in [0, 0.05) is 26.6 Å². The van der Waals surface area contributed by atoms with Gasteiger partial charge in [-0.3, -0.25) is 4.79 Å². The largest absolute Gasteiger partial charge is 0.369 e. The zero-order chi connectivity index (χ0) is 18.5. The molecule has 1 atom stereocenters. The molecule has 0 aromatic carbocycles. The van der Waals surface area contributed by atoms with Gasteiger partial charge in [-0.25, -0.2) is 4.98 Å². The minimum Gasteiger partial charge on any atom is -0.369 e. The van der Waals surface area contributed by atoms with E-state index >= 15 is 0 Å². The van der Waals surface area contributed by atoms with Gasteiger partial charge in [-0.2, -0.15) is 4.98 Å². The van der Waals surface area contributed by atoms with Crippen molar-refractivity contribution in [1.29, 1.82) is 0 Å². The maximum atomic E-state index is 11.8. The average Bonchev–Trinajstić information content (AvgIpc) is 2.64.